The van der Waals surface area contributed by atoms with Crippen molar-refractivity contribution in [3.8, 4) is 28.5 Å². The molecule has 0 aliphatic carbocycles. The number of hydrogen-bond donors (Lipinski definition) is 0. The van der Waals surface area contributed by atoms with E-state index >= 15 is 0 Å². The highest BCUT2D eigenvalue weighted by atomic mass is 28.3. The van der Waals surface area contributed by atoms with Crippen LogP contribution in [0.4, 0.5) is 4.39 Å². The van der Waals surface area contributed by atoms with Crippen molar-refractivity contribution in [2.75, 3.05) is 7.11 Å². The summed E-state index contributed by atoms with van der Waals surface area (Å²) in [5, 5.41) is 0. The Labute approximate surface area is 126 Å². The van der Waals surface area contributed by atoms with Crippen LogP contribution in [0.1, 0.15) is 5.56 Å². The summed E-state index contributed by atoms with van der Waals surface area (Å²) in [5.74, 6) is 3.26. The smallest absolute Gasteiger partial charge is 0.221 e. The lowest BCUT2D eigenvalue weighted by Gasteiger charge is -2.08. The van der Waals surface area contributed by atoms with Gasteiger partial charge in [0.2, 0.25) is 5.88 Å². The Morgan fingerprint density at radius 3 is 2.62 bits per heavy atom. The molecule has 0 radical (unpaired) electrons. The zero-order valence-corrected chi connectivity index (χ0v) is 13.7. The molecule has 21 heavy (non-hydrogen) atoms. The van der Waals surface area contributed by atoms with E-state index in [9.17, 15) is 4.39 Å². The molecule has 1 heterocycles. The topological polar surface area (TPSA) is 22.1 Å². The predicted octanol–water partition coefficient (Wildman–Crippen LogP) is 4.13. The van der Waals surface area contributed by atoms with Crippen LogP contribution in [-0.4, -0.2) is 20.2 Å². The monoisotopic (exact) mass is 299 g/mol. The van der Waals surface area contributed by atoms with E-state index in [1.807, 2.05) is 12.1 Å². The van der Waals surface area contributed by atoms with Crippen molar-refractivity contribution in [1.82, 2.24) is 4.98 Å². The van der Waals surface area contributed by atoms with Crippen LogP contribution in [0.25, 0.3) is 11.1 Å². The molecule has 0 bridgehead atoms. The van der Waals surface area contributed by atoms with Crippen LogP contribution in [0.2, 0.25) is 19.6 Å². The SMILES string of the molecule is COc1ncccc1-c1cc(F)cc(C#C[Si](C)(C)C)c1. The van der Waals surface area contributed by atoms with Gasteiger partial charge in [-0.15, -0.1) is 5.54 Å². The fourth-order valence-electron chi connectivity index (χ4n) is 1.85. The van der Waals surface area contributed by atoms with Crippen LogP contribution in [0.5, 0.6) is 5.88 Å². The molecular formula is C17H18FNOSi. The number of nitrogens with zero attached hydrogens (tertiary/aromatic N) is 1. The normalized spacial score (nSPS) is 10.7. The molecule has 2 aromatic rings. The van der Waals surface area contributed by atoms with E-state index in [0.29, 0.717) is 11.4 Å². The second-order valence-electron chi connectivity index (χ2n) is 5.79. The second kappa shape index (κ2) is 6.11. The Kier molecular flexibility index (Phi) is 4.44. The third kappa shape index (κ3) is 4.17. The maximum atomic E-state index is 13.9. The Hall–Kier alpha value is -2.12. The van der Waals surface area contributed by atoms with E-state index in [4.69, 9.17) is 4.74 Å². The van der Waals surface area contributed by atoms with E-state index in [-0.39, 0.29) is 5.82 Å². The number of methoxy groups -OCH3 is 1. The lowest BCUT2D eigenvalue weighted by atomic mass is 10.0. The molecular weight excluding hydrogens is 281 g/mol. The Morgan fingerprint density at radius 2 is 1.95 bits per heavy atom. The zero-order valence-electron chi connectivity index (χ0n) is 12.7. The van der Waals surface area contributed by atoms with Crippen molar-refractivity contribution in [1.29, 1.82) is 0 Å². The minimum absolute atomic E-state index is 0.307. The van der Waals surface area contributed by atoms with Gasteiger partial charge in [-0.2, -0.15) is 0 Å². The summed E-state index contributed by atoms with van der Waals surface area (Å²) in [6.07, 6.45) is 1.65. The minimum atomic E-state index is -1.49. The molecule has 1 aromatic heterocycles. The first-order valence-electron chi connectivity index (χ1n) is 6.72. The van der Waals surface area contributed by atoms with E-state index in [1.54, 1.807) is 19.4 Å². The summed E-state index contributed by atoms with van der Waals surface area (Å²) in [7, 11) is 0.0602. The third-order valence-corrected chi connectivity index (χ3v) is 3.63. The summed E-state index contributed by atoms with van der Waals surface area (Å²) in [6, 6.07) is 8.46. The Bertz CT molecular complexity index is 711. The van der Waals surface area contributed by atoms with E-state index in [1.165, 1.54) is 12.1 Å². The number of halogens is 1. The molecule has 0 saturated carbocycles. The van der Waals surface area contributed by atoms with Gasteiger partial charge in [0, 0.05) is 17.3 Å². The highest BCUT2D eigenvalue weighted by molar-refractivity contribution is 6.83. The van der Waals surface area contributed by atoms with Gasteiger partial charge >= 0.3 is 0 Å². The van der Waals surface area contributed by atoms with Crippen molar-refractivity contribution < 1.29 is 9.13 Å². The molecule has 0 aliphatic rings. The average Bonchev–Trinajstić information content (AvgIpc) is 2.44. The largest absolute Gasteiger partial charge is 0.481 e. The quantitative estimate of drug-likeness (QED) is 0.614. The summed E-state index contributed by atoms with van der Waals surface area (Å²) in [5.41, 5.74) is 5.41. The number of pyridine rings is 1. The first-order chi connectivity index (χ1) is 9.89. The van der Waals surface area contributed by atoms with Crippen LogP contribution in [0, 0.1) is 17.3 Å². The summed E-state index contributed by atoms with van der Waals surface area (Å²) in [6.45, 7) is 6.47. The fourth-order valence-corrected chi connectivity index (χ4v) is 2.37. The van der Waals surface area contributed by atoms with Crippen molar-refractivity contribution in [2.45, 2.75) is 19.6 Å². The van der Waals surface area contributed by atoms with Crippen molar-refractivity contribution >= 4 is 8.07 Å². The van der Waals surface area contributed by atoms with Gasteiger partial charge in [0.1, 0.15) is 13.9 Å². The number of aromatic nitrogens is 1. The Balaban J connectivity index is 2.50. The summed E-state index contributed by atoms with van der Waals surface area (Å²) in [4.78, 5) is 4.14. The summed E-state index contributed by atoms with van der Waals surface area (Å²) < 4.78 is 19.1. The van der Waals surface area contributed by atoms with Crippen LogP contribution in [0.15, 0.2) is 36.5 Å². The van der Waals surface area contributed by atoms with E-state index in [0.717, 1.165) is 11.1 Å². The van der Waals surface area contributed by atoms with Crippen molar-refractivity contribution in [3.63, 3.8) is 0 Å². The predicted molar refractivity (Wildman–Crippen MR) is 86.4 cm³/mol. The number of hydrogen-bond acceptors (Lipinski definition) is 2. The molecule has 0 saturated heterocycles. The lowest BCUT2D eigenvalue weighted by molar-refractivity contribution is 0.399. The van der Waals surface area contributed by atoms with Gasteiger partial charge in [-0.25, -0.2) is 9.37 Å². The number of rotatable bonds is 2. The first-order valence-corrected chi connectivity index (χ1v) is 10.2. The van der Waals surface area contributed by atoms with Gasteiger partial charge in [-0.1, -0.05) is 25.6 Å². The molecule has 0 spiro atoms. The molecule has 0 fully saturated rings. The van der Waals surface area contributed by atoms with Crippen LogP contribution < -0.4 is 4.74 Å². The Morgan fingerprint density at radius 1 is 1.19 bits per heavy atom. The molecule has 0 amide bonds. The van der Waals surface area contributed by atoms with E-state index < -0.39 is 8.07 Å². The number of ether oxygens (including phenoxy) is 1. The maximum absolute atomic E-state index is 13.9. The standard InChI is InChI=1S/C17H18FNOSi/c1-20-17-16(6-5-8-19-17)14-10-13(11-15(18)12-14)7-9-21(2,3)4/h5-6,8,10-12H,1-4H3. The molecule has 108 valence electrons. The molecule has 1 aromatic carbocycles. The molecule has 4 heteroatoms. The first kappa shape index (κ1) is 15.3. The molecule has 2 rings (SSSR count). The van der Waals surface area contributed by atoms with Crippen molar-refractivity contribution in [2.24, 2.45) is 0 Å². The van der Waals surface area contributed by atoms with Gasteiger partial charge < -0.3 is 4.74 Å². The van der Waals surface area contributed by atoms with Crippen molar-refractivity contribution in [3.05, 3.63) is 47.9 Å². The molecule has 0 unspecified atom stereocenters. The third-order valence-electron chi connectivity index (χ3n) is 2.76. The van der Waals surface area contributed by atoms with Gasteiger partial charge in [-0.3, -0.25) is 0 Å². The fraction of sp³-hybridized carbons (Fsp3) is 0.235. The minimum Gasteiger partial charge on any atom is -0.481 e. The van der Waals surface area contributed by atoms with Crippen LogP contribution in [-0.2, 0) is 0 Å². The van der Waals surface area contributed by atoms with Crippen LogP contribution in [0.3, 0.4) is 0 Å². The van der Waals surface area contributed by atoms with E-state index in [2.05, 4.69) is 36.1 Å². The maximum Gasteiger partial charge on any atom is 0.221 e. The van der Waals surface area contributed by atoms with Gasteiger partial charge in [0.15, 0.2) is 0 Å². The van der Waals surface area contributed by atoms with Gasteiger partial charge in [0.05, 0.1) is 7.11 Å². The number of benzene rings is 1. The molecule has 0 atom stereocenters. The molecule has 0 aliphatic heterocycles. The van der Waals surface area contributed by atoms with Crippen LogP contribution >= 0.6 is 0 Å². The van der Waals surface area contributed by atoms with Gasteiger partial charge in [-0.05, 0) is 35.9 Å². The van der Waals surface area contributed by atoms with Gasteiger partial charge in [0.25, 0.3) is 0 Å². The second-order valence-corrected chi connectivity index (χ2v) is 10.5. The highest BCUT2D eigenvalue weighted by Gasteiger charge is 2.10. The average molecular weight is 299 g/mol. The molecule has 0 N–H and O–H groups in total. The highest BCUT2D eigenvalue weighted by Crippen LogP contribution is 2.28. The lowest BCUT2D eigenvalue weighted by Crippen LogP contribution is -2.16. The zero-order chi connectivity index (χ0) is 15.5. The summed E-state index contributed by atoms with van der Waals surface area (Å²) >= 11 is 0. The molecule has 2 nitrogen and oxygen atoms in total.